The lowest BCUT2D eigenvalue weighted by molar-refractivity contribution is -0.131. The highest BCUT2D eigenvalue weighted by Gasteiger charge is 2.32. The maximum atomic E-state index is 13.9. The van der Waals surface area contributed by atoms with Gasteiger partial charge in [-0.1, -0.05) is 87.0 Å². The molecule has 0 spiro atoms. The van der Waals surface area contributed by atoms with Crippen LogP contribution < -0.4 is 21.3 Å². The molecule has 2 atom stereocenters. The highest BCUT2D eigenvalue weighted by Crippen LogP contribution is 2.15. The Balaban J connectivity index is 1.45. The Labute approximate surface area is 298 Å². The van der Waals surface area contributed by atoms with Gasteiger partial charge in [0.1, 0.15) is 17.8 Å². The average molecular weight is 704 g/mol. The van der Waals surface area contributed by atoms with Crippen molar-refractivity contribution in [3.8, 4) is 0 Å². The zero-order chi connectivity index (χ0) is 36.1. The Bertz CT molecular complexity index is 1610. The van der Waals surface area contributed by atoms with Crippen LogP contribution in [0.5, 0.6) is 0 Å². The Morgan fingerprint density at radius 2 is 1.44 bits per heavy atom. The summed E-state index contributed by atoms with van der Waals surface area (Å²) in [5.41, 5.74) is 1.82. The summed E-state index contributed by atoms with van der Waals surface area (Å²) in [6.45, 7) is 7.42. The van der Waals surface area contributed by atoms with Crippen molar-refractivity contribution >= 4 is 41.3 Å². The predicted octanol–water partition coefficient (Wildman–Crippen LogP) is 3.56. The van der Waals surface area contributed by atoms with Crippen LogP contribution in [0.3, 0.4) is 0 Å². The molecule has 0 aliphatic carbocycles. The van der Waals surface area contributed by atoms with Crippen molar-refractivity contribution in [1.29, 1.82) is 0 Å². The van der Waals surface area contributed by atoms with Gasteiger partial charge in [0.25, 0.3) is 5.91 Å². The summed E-state index contributed by atoms with van der Waals surface area (Å²) in [6.07, 6.45) is 1.98. The lowest BCUT2D eigenvalue weighted by Crippen LogP contribution is -2.59. The van der Waals surface area contributed by atoms with Crippen LogP contribution in [-0.2, 0) is 27.3 Å². The summed E-state index contributed by atoms with van der Waals surface area (Å²) in [5.74, 6) is -1.74. The van der Waals surface area contributed by atoms with Gasteiger partial charge in [0.15, 0.2) is 0 Å². The number of amides is 6. The summed E-state index contributed by atoms with van der Waals surface area (Å²) >= 11 is 6.30. The number of carbonyl (C=O) groups excluding carboxylic acids is 5. The van der Waals surface area contributed by atoms with Gasteiger partial charge in [0.2, 0.25) is 17.7 Å². The van der Waals surface area contributed by atoms with E-state index < -0.39 is 35.8 Å². The van der Waals surface area contributed by atoms with E-state index in [9.17, 15) is 24.0 Å². The second kappa shape index (κ2) is 18.1. The van der Waals surface area contributed by atoms with Crippen molar-refractivity contribution in [3.05, 3.63) is 101 Å². The van der Waals surface area contributed by atoms with E-state index in [1.807, 2.05) is 57.2 Å². The van der Waals surface area contributed by atoms with E-state index in [-0.39, 0.29) is 56.9 Å². The minimum Gasteiger partial charge on any atom is -0.355 e. The van der Waals surface area contributed by atoms with Gasteiger partial charge in [-0.3, -0.25) is 24.2 Å². The monoisotopic (exact) mass is 703 g/mol. The number of benzene rings is 2. The SMILES string of the molecule is CC(C)(C)CNC(=O)C[C@H](NC(=O)N1CCN(C(=O)c2ccccn2)CC1)C(=O)N[C@@H](CCc1ccccc1)C(=O)NCc1ccccc1Cl. The van der Waals surface area contributed by atoms with Gasteiger partial charge in [0.05, 0.1) is 6.42 Å². The molecular weight excluding hydrogens is 658 g/mol. The van der Waals surface area contributed by atoms with Gasteiger partial charge < -0.3 is 31.1 Å². The second-order valence-corrected chi connectivity index (χ2v) is 13.8. The molecule has 0 saturated carbocycles. The van der Waals surface area contributed by atoms with Crippen molar-refractivity contribution < 1.29 is 24.0 Å². The number of hydrogen-bond acceptors (Lipinski definition) is 6. The number of pyridine rings is 1. The molecule has 0 radical (unpaired) electrons. The molecule has 0 bridgehead atoms. The number of aromatic nitrogens is 1. The molecule has 1 aliphatic rings. The Hall–Kier alpha value is -4.97. The highest BCUT2D eigenvalue weighted by molar-refractivity contribution is 6.31. The lowest BCUT2D eigenvalue weighted by Gasteiger charge is -2.35. The van der Waals surface area contributed by atoms with Crippen LogP contribution in [0.25, 0.3) is 0 Å². The first kappa shape index (κ1) is 37.8. The third-order valence-electron chi connectivity index (χ3n) is 8.17. The number of aryl methyl sites for hydroxylation is 1. The topological polar surface area (TPSA) is 153 Å². The molecule has 3 aromatic rings. The van der Waals surface area contributed by atoms with Gasteiger partial charge in [-0.15, -0.1) is 0 Å². The van der Waals surface area contributed by atoms with Crippen LogP contribution >= 0.6 is 11.6 Å². The van der Waals surface area contributed by atoms with Crippen LogP contribution in [0.15, 0.2) is 79.0 Å². The largest absolute Gasteiger partial charge is 0.355 e. The number of urea groups is 1. The normalized spacial score (nSPS) is 14.2. The number of hydrogen-bond donors (Lipinski definition) is 4. The van der Waals surface area contributed by atoms with Crippen LogP contribution in [-0.4, -0.2) is 89.3 Å². The quantitative estimate of drug-likeness (QED) is 0.214. The summed E-state index contributed by atoms with van der Waals surface area (Å²) in [6, 6.07) is 19.0. The summed E-state index contributed by atoms with van der Waals surface area (Å²) in [5, 5.41) is 11.7. The first-order chi connectivity index (χ1) is 23.9. The highest BCUT2D eigenvalue weighted by atomic mass is 35.5. The molecule has 1 aromatic heterocycles. The molecule has 2 heterocycles. The summed E-state index contributed by atoms with van der Waals surface area (Å²) < 4.78 is 0. The Morgan fingerprint density at radius 3 is 2.10 bits per heavy atom. The minimum absolute atomic E-state index is 0.153. The summed E-state index contributed by atoms with van der Waals surface area (Å²) in [7, 11) is 0. The van der Waals surface area contributed by atoms with Crippen molar-refractivity contribution in [3.63, 3.8) is 0 Å². The third-order valence-corrected chi connectivity index (χ3v) is 8.53. The van der Waals surface area contributed by atoms with E-state index >= 15 is 0 Å². The van der Waals surface area contributed by atoms with Gasteiger partial charge >= 0.3 is 6.03 Å². The van der Waals surface area contributed by atoms with E-state index in [0.29, 0.717) is 23.7 Å². The molecule has 50 heavy (non-hydrogen) atoms. The zero-order valence-electron chi connectivity index (χ0n) is 28.8. The molecule has 1 aliphatic heterocycles. The number of piperazine rings is 1. The molecule has 13 heteroatoms. The molecule has 4 rings (SSSR count). The smallest absolute Gasteiger partial charge is 0.318 e. The maximum Gasteiger partial charge on any atom is 0.318 e. The molecule has 0 unspecified atom stereocenters. The minimum atomic E-state index is -1.27. The maximum absolute atomic E-state index is 13.9. The Morgan fingerprint density at radius 1 is 0.780 bits per heavy atom. The van der Waals surface area contributed by atoms with E-state index in [0.717, 1.165) is 11.1 Å². The van der Waals surface area contributed by atoms with Crippen LogP contribution in [0.2, 0.25) is 5.02 Å². The molecule has 6 amide bonds. The summed E-state index contributed by atoms with van der Waals surface area (Å²) in [4.78, 5) is 74.0. The predicted molar refractivity (Wildman–Crippen MR) is 191 cm³/mol. The van der Waals surface area contributed by atoms with Crippen molar-refractivity contribution in [2.75, 3.05) is 32.7 Å². The first-order valence-electron chi connectivity index (χ1n) is 16.8. The zero-order valence-corrected chi connectivity index (χ0v) is 29.5. The molecule has 1 saturated heterocycles. The molecule has 2 aromatic carbocycles. The Kier molecular flexibility index (Phi) is 13.7. The van der Waals surface area contributed by atoms with Crippen LogP contribution in [0.1, 0.15) is 55.2 Å². The van der Waals surface area contributed by atoms with Crippen molar-refractivity contribution in [1.82, 2.24) is 36.1 Å². The van der Waals surface area contributed by atoms with Crippen LogP contribution in [0, 0.1) is 5.41 Å². The fourth-order valence-corrected chi connectivity index (χ4v) is 5.48. The van der Waals surface area contributed by atoms with Crippen molar-refractivity contribution in [2.45, 2.75) is 58.7 Å². The molecule has 12 nitrogen and oxygen atoms in total. The number of nitrogens with one attached hydrogen (secondary N) is 4. The van der Waals surface area contributed by atoms with E-state index in [1.165, 1.54) is 4.90 Å². The number of halogens is 1. The first-order valence-corrected chi connectivity index (χ1v) is 17.2. The second-order valence-electron chi connectivity index (χ2n) is 13.4. The van der Waals surface area contributed by atoms with Gasteiger partial charge in [-0.2, -0.15) is 0 Å². The van der Waals surface area contributed by atoms with Gasteiger partial charge in [0, 0.05) is 50.5 Å². The lowest BCUT2D eigenvalue weighted by atomic mass is 9.97. The molecule has 1 fully saturated rings. The number of carbonyl (C=O) groups is 5. The fourth-order valence-electron chi connectivity index (χ4n) is 5.28. The van der Waals surface area contributed by atoms with Crippen molar-refractivity contribution in [2.24, 2.45) is 5.41 Å². The number of rotatable bonds is 13. The van der Waals surface area contributed by atoms with E-state index in [2.05, 4.69) is 26.3 Å². The average Bonchev–Trinajstić information content (AvgIpc) is 3.11. The van der Waals surface area contributed by atoms with Gasteiger partial charge in [-0.05, 0) is 47.6 Å². The van der Waals surface area contributed by atoms with Crippen LogP contribution in [0.4, 0.5) is 4.79 Å². The number of nitrogens with zero attached hydrogens (tertiary/aromatic N) is 3. The molecular formula is C37H46ClN7O5. The fraction of sp³-hybridized carbons (Fsp3) is 0.405. The molecule has 4 N–H and O–H groups in total. The van der Waals surface area contributed by atoms with E-state index in [1.54, 1.807) is 47.5 Å². The standard InChI is InChI=1S/C37H46ClN7O5/c1-37(2,3)25-41-32(46)23-31(43-36(50)45-21-19-44(20-22-45)35(49)30-15-9-10-18-39-30)34(48)42-29(17-16-26-11-5-4-6-12-26)33(47)40-24-27-13-7-8-14-28(27)38/h4-15,18,29,31H,16-17,19-25H2,1-3H3,(H,40,47)(H,41,46)(H,42,48)(H,43,50)/t29-,31-/m0/s1. The van der Waals surface area contributed by atoms with E-state index in [4.69, 9.17) is 11.6 Å². The van der Waals surface area contributed by atoms with Gasteiger partial charge in [-0.25, -0.2) is 4.79 Å². The third kappa shape index (κ3) is 11.9. The molecule has 266 valence electrons.